The van der Waals surface area contributed by atoms with Crippen LogP contribution in [0.3, 0.4) is 0 Å². The molecule has 0 fully saturated rings. The summed E-state index contributed by atoms with van der Waals surface area (Å²) in [6.07, 6.45) is -3.48. The summed E-state index contributed by atoms with van der Waals surface area (Å²) >= 11 is 0. The molecule has 8 heteroatoms. The number of amides is 1. The first-order chi connectivity index (χ1) is 13.2. The molecule has 2 N–H and O–H groups in total. The molecule has 0 saturated carbocycles. The maximum atomic E-state index is 12.8. The smallest absolute Gasteiger partial charge is 0.326 e. The fourth-order valence-electron chi connectivity index (χ4n) is 2.71. The van der Waals surface area contributed by atoms with Crippen LogP contribution in [-0.4, -0.2) is 15.9 Å². The Morgan fingerprint density at radius 3 is 2.46 bits per heavy atom. The molecule has 0 saturated heterocycles. The molecular weight excluding hydrogens is 369 g/mol. The van der Waals surface area contributed by atoms with Gasteiger partial charge in [-0.05, 0) is 53.9 Å². The Bertz CT molecular complexity index is 1020. The van der Waals surface area contributed by atoms with E-state index in [4.69, 9.17) is 0 Å². The molecule has 1 amide bonds. The van der Waals surface area contributed by atoms with Crippen molar-refractivity contribution >= 4 is 23.2 Å². The quantitative estimate of drug-likeness (QED) is 0.649. The molecule has 0 atom stereocenters. The van der Waals surface area contributed by atoms with Gasteiger partial charge in [0, 0.05) is 24.5 Å². The fourth-order valence-corrected chi connectivity index (χ4v) is 2.71. The third-order valence-corrected chi connectivity index (χ3v) is 3.80. The van der Waals surface area contributed by atoms with Gasteiger partial charge in [-0.25, -0.2) is 9.97 Å². The van der Waals surface area contributed by atoms with Crippen molar-refractivity contribution in [3.05, 3.63) is 66.0 Å². The first kappa shape index (κ1) is 19.3. The molecule has 0 spiro atoms. The third kappa shape index (κ3) is 4.85. The van der Waals surface area contributed by atoms with Crippen LogP contribution in [-0.2, 0) is 11.0 Å². The molecule has 144 valence electrons. The van der Waals surface area contributed by atoms with E-state index >= 15 is 0 Å². The van der Waals surface area contributed by atoms with Crippen molar-refractivity contribution < 1.29 is 18.0 Å². The van der Waals surface area contributed by atoms with Crippen molar-refractivity contribution in [1.82, 2.24) is 9.97 Å². The number of aromatic nitrogens is 2. The predicted octanol–water partition coefficient (Wildman–Crippen LogP) is 5.17. The number of rotatable bonds is 4. The SMILES string of the molecule is CC(=O)Nc1cccc(-c2cc(C)cc(Nc3nccc(C(F)(F)F)n3)c2)c1. The van der Waals surface area contributed by atoms with E-state index in [2.05, 4.69) is 20.6 Å². The van der Waals surface area contributed by atoms with Crippen molar-refractivity contribution in [1.29, 1.82) is 0 Å². The van der Waals surface area contributed by atoms with E-state index in [1.807, 2.05) is 31.2 Å². The topological polar surface area (TPSA) is 66.9 Å². The van der Waals surface area contributed by atoms with E-state index in [1.54, 1.807) is 18.2 Å². The summed E-state index contributed by atoms with van der Waals surface area (Å²) < 4.78 is 38.5. The number of hydrogen-bond donors (Lipinski definition) is 2. The monoisotopic (exact) mass is 386 g/mol. The predicted molar refractivity (Wildman–Crippen MR) is 101 cm³/mol. The van der Waals surface area contributed by atoms with Gasteiger partial charge in [-0.2, -0.15) is 13.2 Å². The maximum Gasteiger partial charge on any atom is 0.433 e. The Balaban J connectivity index is 1.91. The zero-order valence-corrected chi connectivity index (χ0v) is 15.1. The van der Waals surface area contributed by atoms with E-state index in [0.717, 1.165) is 29.0 Å². The van der Waals surface area contributed by atoms with Crippen LogP contribution in [0.25, 0.3) is 11.1 Å². The molecule has 1 heterocycles. The highest BCUT2D eigenvalue weighted by Crippen LogP contribution is 2.30. The molecule has 28 heavy (non-hydrogen) atoms. The van der Waals surface area contributed by atoms with Gasteiger partial charge in [0.05, 0.1) is 0 Å². The molecule has 0 bridgehead atoms. The molecule has 2 aromatic carbocycles. The van der Waals surface area contributed by atoms with Crippen molar-refractivity contribution in [3.63, 3.8) is 0 Å². The molecule has 3 aromatic rings. The lowest BCUT2D eigenvalue weighted by Crippen LogP contribution is -2.10. The van der Waals surface area contributed by atoms with Gasteiger partial charge >= 0.3 is 6.18 Å². The van der Waals surface area contributed by atoms with Gasteiger partial charge in [-0.15, -0.1) is 0 Å². The van der Waals surface area contributed by atoms with Gasteiger partial charge in [0.15, 0.2) is 0 Å². The lowest BCUT2D eigenvalue weighted by molar-refractivity contribution is -0.141. The third-order valence-electron chi connectivity index (χ3n) is 3.80. The number of benzene rings is 2. The van der Waals surface area contributed by atoms with E-state index in [9.17, 15) is 18.0 Å². The Morgan fingerprint density at radius 2 is 1.75 bits per heavy atom. The first-order valence-corrected chi connectivity index (χ1v) is 8.38. The summed E-state index contributed by atoms with van der Waals surface area (Å²) in [7, 11) is 0. The number of carbonyl (C=O) groups is 1. The molecule has 0 unspecified atom stereocenters. The summed E-state index contributed by atoms with van der Waals surface area (Å²) in [6, 6.07) is 13.6. The van der Waals surface area contributed by atoms with Gasteiger partial charge in [-0.3, -0.25) is 4.79 Å². The van der Waals surface area contributed by atoms with Crippen molar-refractivity contribution in [3.8, 4) is 11.1 Å². The summed E-state index contributed by atoms with van der Waals surface area (Å²) in [5.41, 5.74) is 2.78. The highest BCUT2D eigenvalue weighted by Gasteiger charge is 2.32. The van der Waals surface area contributed by atoms with Gasteiger partial charge in [0.1, 0.15) is 5.69 Å². The fraction of sp³-hybridized carbons (Fsp3) is 0.150. The van der Waals surface area contributed by atoms with Crippen LogP contribution in [0.1, 0.15) is 18.2 Å². The number of aryl methyl sites for hydroxylation is 1. The van der Waals surface area contributed by atoms with Crippen LogP contribution in [0.5, 0.6) is 0 Å². The number of anilines is 3. The first-order valence-electron chi connectivity index (χ1n) is 8.38. The second-order valence-corrected chi connectivity index (χ2v) is 6.24. The van der Waals surface area contributed by atoms with Crippen LogP contribution in [0.2, 0.25) is 0 Å². The van der Waals surface area contributed by atoms with Crippen molar-refractivity contribution in [2.24, 2.45) is 0 Å². The van der Waals surface area contributed by atoms with Crippen LogP contribution >= 0.6 is 0 Å². The average molecular weight is 386 g/mol. The summed E-state index contributed by atoms with van der Waals surface area (Å²) in [6.45, 7) is 3.30. The van der Waals surface area contributed by atoms with Crippen LogP contribution in [0.4, 0.5) is 30.5 Å². The molecule has 0 aliphatic carbocycles. The Morgan fingerprint density at radius 1 is 1.00 bits per heavy atom. The lowest BCUT2D eigenvalue weighted by atomic mass is 10.0. The highest BCUT2D eigenvalue weighted by molar-refractivity contribution is 5.89. The number of carbonyl (C=O) groups excluding carboxylic acids is 1. The van der Waals surface area contributed by atoms with E-state index in [-0.39, 0.29) is 11.9 Å². The van der Waals surface area contributed by atoms with Gasteiger partial charge in [0.2, 0.25) is 11.9 Å². The normalized spacial score (nSPS) is 11.2. The summed E-state index contributed by atoms with van der Waals surface area (Å²) in [5, 5.41) is 5.55. The zero-order valence-electron chi connectivity index (χ0n) is 15.1. The number of halogens is 3. The standard InChI is InChI=1S/C20H17F3N4O/c1-12-8-15(14-4-3-5-16(10-14)25-13(2)28)11-17(9-12)26-19-24-7-6-18(27-19)20(21,22)23/h3-11H,1-2H3,(H,25,28)(H,24,26,27). The van der Waals surface area contributed by atoms with Crippen LogP contribution in [0, 0.1) is 6.92 Å². The largest absolute Gasteiger partial charge is 0.433 e. The highest BCUT2D eigenvalue weighted by atomic mass is 19.4. The second-order valence-electron chi connectivity index (χ2n) is 6.24. The number of hydrogen-bond acceptors (Lipinski definition) is 4. The van der Waals surface area contributed by atoms with Gasteiger partial charge in [-0.1, -0.05) is 18.2 Å². The Labute approximate surface area is 159 Å². The average Bonchev–Trinajstić information content (AvgIpc) is 2.60. The van der Waals surface area contributed by atoms with E-state index < -0.39 is 11.9 Å². The summed E-state index contributed by atoms with van der Waals surface area (Å²) in [4.78, 5) is 18.6. The second kappa shape index (κ2) is 7.67. The molecule has 5 nitrogen and oxygen atoms in total. The Hall–Kier alpha value is -3.42. The summed E-state index contributed by atoms with van der Waals surface area (Å²) in [5.74, 6) is -0.316. The molecule has 3 rings (SSSR count). The number of alkyl halides is 3. The minimum Gasteiger partial charge on any atom is -0.326 e. The zero-order chi connectivity index (χ0) is 20.3. The molecule has 0 aliphatic rings. The van der Waals surface area contributed by atoms with E-state index in [1.165, 1.54) is 6.92 Å². The molecule has 0 aliphatic heterocycles. The minimum absolute atomic E-state index is 0.140. The molecule has 1 aromatic heterocycles. The number of nitrogens with one attached hydrogen (secondary N) is 2. The van der Waals surface area contributed by atoms with Crippen LogP contribution < -0.4 is 10.6 Å². The van der Waals surface area contributed by atoms with Crippen LogP contribution in [0.15, 0.2) is 54.7 Å². The van der Waals surface area contributed by atoms with Gasteiger partial charge < -0.3 is 10.6 Å². The maximum absolute atomic E-state index is 12.8. The minimum atomic E-state index is -4.54. The molecular formula is C20H17F3N4O. The molecule has 0 radical (unpaired) electrons. The van der Waals surface area contributed by atoms with Crippen molar-refractivity contribution in [2.45, 2.75) is 20.0 Å². The Kier molecular flexibility index (Phi) is 5.30. The number of nitrogens with zero attached hydrogens (tertiary/aromatic N) is 2. The van der Waals surface area contributed by atoms with E-state index in [0.29, 0.717) is 11.4 Å². The van der Waals surface area contributed by atoms with Crippen molar-refractivity contribution in [2.75, 3.05) is 10.6 Å². The lowest BCUT2D eigenvalue weighted by Gasteiger charge is -2.12. The van der Waals surface area contributed by atoms with Gasteiger partial charge in [0.25, 0.3) is 0 Å².